The number of hydrogen-bond acceptors (Lipinski definition) is 4. The van der Waals surface area contributed by atoms with E-state index in [9.17, 15) is 14.0 Å². The number of rotatable bonds is 4. The molecule has 2 rings (SSSR count). The van der Waals surface area contributed by atoms with Gasteiger partial charge >= 0.3 is 5.97 Å². The number of anilines is 1. The van der Waals surface area contributed by atoms with Gasteiger partial charge in [-0.05, 0) is 19.1 Å². The van der Waals surface area contributed by atoms with Crippen LogP contribution in [0.15, 0.2) is 29.4 Å². The van der Waals surface area contributed by atoms with Crippen molar-refractivity contribution in [1.82, 2.24) is 0 Å². The Labute approximate surface area is 114 Å². The summed E-state index contributed by atoms with van der Waals surface area (Å²) in [7, 11) is 0. The Hall–Kier alpha value is -2.44. The van der Waals surface area contributed by atoms with E-state index >= 15 is 0 Å². The highest BCUT2D eigenvalue weighted by Gasteiger charge is 2.35. The average Bonchev–Trinajstić information content (AvgIpc) is 2.91. The fourth-order valence-corrected chi connectivity index (χ4v) is 1.93. The number of likely N-dealkylation sites (N-methyl/N-ethyl adjacent to an activating group) is 1. The van der Waals surface area contributed by atoms with Crippen LogP contribution in [-0.2, 0) is 14.4 Å². The van der Waals surface area contributed by atoms with Crippen molar-refractivity contribution in [3.8, 4) is 0 Å². The van der Waals surface area contributed by atoms with Crippen molar-refractivity contribution >= 4 is 23.3 Å². The summed E-state index contributed by atoms with van der Waals surface area (Å²) in [6, 6.07) is 5.86. The van der Waals surface area contributed by atoms with Gasteiger partial charge in [-0.25, -0.2) is 9.18 Å². The molecule has 7 heteroatoms. The van der Waals surface area contributed by atoms with E-state index in [2.05, 4.69) is 5.16 Å². The number of halogens is 1. The molecule has 0 radical (unpaired) electrons. The summed E-state index contributed by atoms with van der Waals surface area (Å²) in [6.45, 7) is 1.93. The quantitative estimate of drug-likeness (QED) is 0.904. The van der Waals surface area contributed by atoms with Gasteiger partial charge in [0.05, 0.1) is 5.69 Å². The van der Waals surface area contributed by atoms with Crippen LogP contribution in [0.3, 0.4) is 0 Å². The van der Waals surface area contributed by atoms with Gasteiger partial charge in [0, 0.05) is 13.0 Å². The van der Waals surface area contributed by atoms with Crippen molar-refractivity contribution in [2.75, 3.05) is 11.4 Å². The molecule has 1 aromatic carbocycles. The molecule has 0 fully saturated rings. The average molecular weight is 280 g/mol. The van der Waals surface area contributed by atoms with Crippen molar-refractivity contribution < 1.29 is 23.9 Å². The highest BCUT2D eigenvalue weighted by molar-refractivity contribution is 6.36. The maximum atomic E-state index is 13.7. The molecule has 6 nitrogen and oxygen atoms in total. The number of carbonyl (C=O) groups excluding carboxylic acids is 1. The molecule has 1 aliphatic rings. The van der Waals surface area contributed by atoms with Crippen molar-refractivity contribution in [2.45, 2.75) is 19.4 Å². The maximum absolute atomic E-state index is 13.7. The lowest BCUT2D eigenvalue weighted by atomic mass is 10.1. The Balaban J connectivity index is 2.16. The number of nitrogens with zero attached hydrogens (tertiary/aromatic N) is 2. The Morgan fingerprint density at radius 2 is 2.20 bits per heavy atom. The van der Waals surface area contributed by atoms with Crippen LogP contribution in [0.1, 0.15) is 13.3 Å². The molecule has 0 saturated carbocycles. The molecule has 1 heterocycles. The van der Waals surface area contributed by atoms with Crippen molar-refractivity contribution in [3.05, 3.63) is 30.1 Å². The van der Waals surface area contributed by atoms with Crippen LogP contribution in [0.25, 0.3) is 0 Å². The van der Waals surface area contributed by atoms with E-state index in [0.29, 0.717) is 0 Å². The predicted octanol–water partition coefficient (Wildman–Crippen LogP) is 1.41. The number of oxime groups is 1. The summed E-state index contributed by atoms with van der Waals surface area (Å²) in [4.78, 5) is 29.0. The third kappa shape index (κ3) is 2.61. The van der Waals surface area contributed by atoms with Crippen LogP contribution in [-0.4, -0.2) is 35.3 Å². The zero-order valence-corrected chi connectivity index (χ0v) is 10.7. The van der Waals surface area contributed by atoms with Gasteiger partial charge in [0.2, 0.25) is 6.10 Å². The lowest BCUT2D eigenvalue weighted by Crippen LogP contribution is -2.40. The number of benzene rings is 1. The smallest absolute Gasteiger partial charge is 0.353 e. The van der Waals surface area contributed by atoms with Crippen molar-refractivity contribution in [3.63, 3.8) is 0 Å². The molecular formula is C13H13FN2O4. The third-order valence-electron chi connectivity index (χ3n) is 2.92. The highest BCUT2D eigenvalue weighted by Crippen LogP contribution is 2.22. The summed E-state index contributed by atoms with van der Waals surface area (Å²) in [5, 5.41) is 12.1. The van der Waals surface area contributed by atoms with Gasteiger partial charge in [-0.2, -0.15) is 0 Å². The molecule has 1 aliphatic heterocycles. The van der Waals surface area contributed by atoms with E-state index in [1.807, 2.05) is 0 Å². The van der Waals surface area contributed by atoms with E-state index in [4.69, 9.17) is 9.94 Å². The normalized spacial score (nSPS) is 17.3. The summed E-state index contributed by atoms with van der Waals surface area (Å²) >= 11 is 0. The van der Waals surface area contributed by atoms with Crippen molar-refractivity contribution in [2.24, 2.45) is 5.16 Å². The molecule has 0 bridgehead atoms. The fraction of sp³-hybridized carbons (Fsp3) is 0.308. The lowest BCUT2D eigenvalue weighted by Gasteiger charge is -2.23. The van der Waals surface area contributed by atoms with Crippen molar-refractivity contribution in [1.29, 1.82) is 0 Å². The van der Waals surface area contributed by atoms with Gasteiger partial charge in [0.25, 0.3) is 5.91 Å². The Morgan fingerprint density at radius 3 is 2.75 bits per heavy atom. The molecule has 0 saturated heterocycles. The van der Waals surface area contributed by atoms with Crippen LogP contribution < -0.4 is 4.90 Å². The number of amides is 1. The third-order valence-corrected chi connectivity index (χ3v) is 2.92. The minimum atomic E-state index is -1.23. The number of hydrogen-bond donors (Lipinski definition) is 1. The molecule has 1 atom stereocenters. The van der Waals surface area contributed by atoms with E-state index in [1.165, 1.54) is 23.1 Å². The molecule has 106 valence electrons. The van der Waals surface area contributed by atoms with E-state index < -0.39 is 23.8 Å². The Kier molecular flexibility index (Phi) is 3.97. The van der Waals surface area contributed by atoms with E-state index in [0.717, 1.165) is 0 Å². The maximum Gasteiger partial charge on any atom is 0.353 e. The van der Waals surface area contributed by atoms with Gasteiger partial charge in [-0.3, -0.25) is 4.79 Å². The molecule has 1 amide bonds. The van der Waals surface area contributed by atoms with Crippen LogP contribution in [0.2, 0.25) is 0 Å². The number of aliphatic carboxylic acids is 1. The first-order valence-electron chi connectivity index (χ1n) is 6.06. The van der Waals surface area contributed by atoms with Gasteiger partial charge < -0.3 is 14.8 Å². The number of para-hydroxylation sites is 1. The Bertz CT molecular complexity index is 573. The standard InChI is InChI=1S/C13H13FN2O4/c1-2-16(10-6-4-3-5-8(10)14)12(17)11-7-9(13(18)19)15-20-11/h3-6,11H,2,7H2,1H3,(H,18,19). The molecular weight excluding hydrogens is 267 g/mol. The van der Waals surface area contributed by atoms with Crippen LogP contribution >= 0.6 is 0 Å². The Morgan fingerprint density at radius 1 is 1.50 bits per heavy atom. The molecule has 1 unspecified atom stereocenters. The molecule has 20 heavy (non-hydrogen) atoms. The topological polar surface area (TPSA) is 79.2 Å². The first-order valence-corrected chi connectivity index (χ1v) is 6.06. The summed E-state index contributed by atoms with van der Waals surface area (Å²) in [6.07, 6.45) is -1.15. The van der Waals surface area contributed by atoms with Crippen LogP contribution in [0, 0.1) is 5.82 Å². The van der Waals surface area contributed by atoms with E-state index in [1.54, 1.807) is 13.0 Å². The molecule has 0 aromatic heterocycles. The summed E-state index contributed by atoms with van der Waals surface area (Å²) < 4.78 is 13.7. The highest BCUT2D eigenvalue weighted by atomic mass is 19.1. The van der Waals surface area contributed by atoms with Gasteiger partial charge in [0.1, 0.15) is 5.82 Å². The molecule has 0 spiro atoms. The first kappa shape index (κ1) is 14.0. The summed E-state index contributed by atoms with van der Waals surface area (Å²) in [5.74, 6) is -2.27. The summed E-state index contributed by atoms with van der Waals surface area (Å²) in [5.41, 5.74) is -0.0830. The zero-order valence-electron chi connectivity index (χ0n) is 10.7. The van der Waals surface area contributed by atoms with Gasteiger partial charge in [0.15, 0.2) is 5.71 Å². The molecule has 0 aliphatic carbocycles. The lowest BCUT2D eigenvalue weighted by molar-refractivity contribution is -0.129. The first-order chi connectivity index (χ1) is 9.54. The fourth-order valence-electron chi connectivity index (χ4n) is 1.93. The monoisotopic (exact) mass is 280 g/mol. The number of carboxylic acids is 1. The van der Waals surface area contributed by atoms with E-state index in [-0.39, 0.29) is 24.4 Å². The predicted molar refractivity (Wildman–Crippen MR) is 69.0 cm³/mol. The minimum Gasteiger partial charge on any atom is -0.477 e. The number of carboxylic acid groups (broad SMARTS) is 1. The zero-order chi connectivity index (χ0) is 14.7. The minimum absolute atomic E-state index is 0.126. The van der Waals surface area contributed by atoms with Gasteiger partial charge in [-0.15, -0.1) is 0 Å². The second kappa shape index (κ2) is 5.68. The molecule has 1 N–H and O–H groups in total. The largest absolute Gasteiger partial charge is 0.477 e. The second-order valence-electron chi connectivity index (χ2n) is 4.18. The second-order valence-corrected chi connectivity index (χ2v) is 4.18. The van der Waals surface area contributed by atoms with Crippen LogP contribution in [0.5, 0.6) is 0 Å². The molecule has 1 aromatic rings. The van der Waals surface area contributed by atoms with Crippen LogP contribution in [0.4, 0.5) is 10.1 Å². The van der Waals surface area contributed by atoms with Gasteiger partial charge in [-0.1, -0.05) is 17.3 Å². The SMILES string of the molecule is CCN(C(=O)C1CC(C(=O)O)=NO1)c1ccccc1F. The number of carbonyl (C=O) groups is 2.